The van der Waals surface area contributed by atoms with Crippen LogP contribution in [0.1, 0.15) is 37.4 Å². The van der Waals surface area contributed by atoms with Crippen molar-refractivity contribution in [2.24, 2.45) is 0 Å². The van der Waals surface area contributed by atoms with Crippen molar-refractivity contribution in [2.75, 3.05) is 18.6 Å². The molecule has 0 saturated carbocycles. The van der Waals surface area contributed by atoms with Crippen molar-refractivity contribution in [2.45, 2.75) is 37.6 Å². The maximum absolute atomic E-state index is 12.9. The van der Waals surface area contributed by atoms with Gasteiger partial charge in [0.05, 0.1) is 12.0 Å². The van der Waals surface area contributed by atoms with Crippen LogP contribution in [0.25, 0.3) is 0 Å². The predicted octanol–water partition coefficient (Wildman–Crippen LogP) is 3.03. The number of para-hydroxylation sites is 1. The maximum Gasteiger partial charge on any atom is 0.241 e. The first kappa shape index (κ1) is 19.4. The van der Waals surface area contributed by atoms with Crippen molar-refractivity contribution in [3.05, 3.63) is 53.6 Å². The van der Waals surface area contributed by atoms with Gasteiger partial charge in [0.2, 0.25) is 15.9 Å². The molecule has 0 radical (unpaired) electrons. The highest BCUT2D eigenvalue weighted by Crippen LogP contribution is 2.31. The second kappa shape index (κ2) is 7.70. The fraction of sp³-hybridized carbons (Fsp3) is 0.350. The molecule has 0 fully saturated rings. The number of hydrogen-bond donors (Lipinski definition) is 1. The zero-order valence-electron chi connectivity index (χ0n) is 15.7. The minimum Gasteiger partial charge on any atom is -0.496 e. The minimum atomic E-state index is -3.71. The number of anilines is 1. The van der Waals surface area contributed by atoms with E-state index in [-0.39, 0.29) is 10.8 Å². The van der Waals surface area contributed by atoms with Crippen molar-refractivity contribution in [1.29, 1.82) is 0 Å². The molecule has 0 bridgehead atoms. The lowest BCUT2D eigenvalue weighted by Gasteiger charge is -2.18. The van der Waals surface area contributed by atoms with Gasteiger partial charge in [0.1, 0.15) is 5.75 Å². The van der Waals surface area contributed by atoms with Crippen molar-refractivity contribution in [3.63, 3.8) is 0 Å². The molecule has 2 aromatic carbocycles. The fourth-order valence-electron chi connectivity index (χ4n) is 3.38. The van der Waals surface area contributed by atoms with Crippen LogP contribution < -0.4 is 14.4 Å². The zero-order chi connectivity index (χ0) is 19.6. The Bertz CT molecular complexity index is 956. The van der Waals surface area contributed by atoms with Gasteiger partial charge in [-0.1, -0.05) is 25.1 Å². The first-order chi connectivity index (χ1) is 12.9. The molecular weight excluding hydrogens is 364 g/mol. The van der Waals surface area contributed by atoms with E-state index in [2.05, 4.69) is 4.72 Å². The second-order valence-electron chi connectivity index (χ2n) is 6.52. The number of hydrogen-bond acceptors (Lipinski definition) is 4. The number of fused-ring (bicyclic) bond motifs is 1. The number of carbonyl (C=O) groups is 1. The standard InChI is InChI=1S/C20H24N2O4S/c1-4-20(23)22-12-11-15-13-16(9-10-18(15)22)27(24,25)21-14(2)17-7-5-6-8-19(17)26-3/h5-10,13-14,21H,4,11-12H2,1-3H3. The van der Waals surface area contributed by atoms with Gasteiger partial charge in [0, 0.05) is 30.3 Å². The summed E-state index contributed by atoms with van der Waals surface area (Å²) in [7, 11) is -2.15. The van der Waals surface area contributed by atoms with Crippen molar-refractivity contribution in [1.82, 2.24) is 4.72 Å². The molecule has 1 atom stereocenters. The Labute approximate surface area is 160 Å². The molecule has 1 aliphatic rings. The van der Waals surface area contributed by atoms with E-state index in [9.17, 15) is 13.2 Å². The molecule has 0 spiro atoms. The average molecular weight is 388 g/mol. The lowest BCUT2D eigenvalue weighted by Crippen LogP contribution is -2.28. The van der Waals surface area contributed by atoms with Crippen LogP contribution in [-0.2, 0) is 21.2 Å². The van der Waals surface area contributed by atoms with Crippen LogP contribution in [0.4, 0.5) is 5.69 Å². The van der Waals surface area contributed by atoms with Crippen LogP contribution in [0.5, 0.6) is 5.75 Å². The monoisotopic (exact) mass is 388 g/mol. The molecule has 1 unspecified atom stereocenters. The third-order valence-electron chi connectivity index (χ3n) is 4.80. The summed E-state index contributed by atoms with van der Waals surface area (Å²) in [6, 6.07) is 11.8. The molecule has 1 aliphatic heterocycles. The van der Waals surface area contributed by atoms with Gasteiger partial charge in [-0.2, -0.15) is 0 Å². The van der Waals surface area contributed by atoms with Gasteiger partial charge in [0.25, 0.3) is 0 Å². The SMILES string of the molecule is CCC(=O)N1CCc2cc(S(=O)(=O)NC(C)c3ccccc3OC)ccc21. The number of methoxy groups -OCH3 is 1. The van der Waals surface area contributed by atoms with Crippen molar-refractivity contribution < 1.29 is 17.9 Å². The number of rotatable bonds is 6. The number of ether oxygens (including phenoxy) is 1. The molecule has 0 aromatic heterocycles. The number of benzene rings is 2. The summed E-state index contributed by atoms with van der Waals surface area (Å²) in [4.78, 5) is 13.9. The second-order valence-corrected chi connectivity index (χ2v) is 8.24. The summed E-state index contributed by atoms with van der Waals surface area (Å²) < 4.78 is 33.7. The molecule has 7 heteroatoms. The Morgan fingerprint density at radius 3 is 2.70 bits per heavy atom. The van der Waals surface area contributed by atoms with Gasteiger partial charge in [-0.05, 0) is 43.2 Å². The van der Waals surface area contributed by atoms with E-state index >= 15 is 0 Å². The number of carbonyl (C=O) groups excluding carboxylic acids is 1. The molecule has 144 valence electrons. The fourth-order valence-corrected chi connectivity index (χ4v) is 4.66. The molecule has 27 heavy (non-hydrogen) atoms. The van der Waals surface area contributed by atoms with Gasteiger partial charge >= 0.3 is 0 Å². The highest BCUT2D eigenvalue weighted by Gasteiger charge is 2.27. The summed E-state index contributed by atoms with van der Waals surface area (Å²) in [5, 5.41) is 0. The molecule has 2 aromatic rings. The van der Waals surface area contributed by atoms with Gasteiger partial charge in [-0.3, -0.25) is 4.79 Å². The summed E-state index contributed by atoms with van der Waals surface area (Å²) in [6.07, 6.45) is 1.09. The van der Waals surface area contributed by atoms with Crippen LogP contribution in [0.3, 0.4) is 0 Å². The molecule has 1 amide bonds. The van der Waals surface area contributed by atoms with E-state index in [1.165, 1.54) is 0 Å². The van der Waals surface area contributed by atoms with Crippen LogP contribution in [0.15, 0.2) is 47.4 Å². The van der Waals surface area contributed by atoms with Crippen LogP contribution in [0.2, 0.25) is 0 Å². The van der Waals surface area contributed by atoms with Gasteiger partial charge in [-0.15, -0.1) is 0 Å². The number of sulfonamides is 1. The van der Waals surface area contributed by atoms with Crippen LogP contribution in [0, 0.1) is 0 Å². The van der Waals surface area contributed by atoms with Gasteiger partial charge < -0.3 is 9.64 Å². The van der Waals surface area contributed by atoms with Crippen molar-refractivity contribution >= 4 is 21.6 Å². The van der Waals surface area contributed by atoms with E-state index < -0.39 is 16.1 Å². The predicted molar refractivity (Wildman–Crippen MR) is 105 cm³/mol. The van der Waals surface area contributed by atoms with E-state index in [0.29, 0.717) is 25.1 Å². The van der Waals surface area contributed by atoms with Crippen LogP contribution in [-0.4, -0.2) is 28.0 Å². The molecule has 1 N–H and O–H groups in total. The first-order valence-electron chi connectivity index (χ1n) is 8.96. The molecule has 0 aliphatic carbocycles. The highest BCUT2D eigenvalue weighted by molar-refractivity contribution is 7.89. The number of amides is 1. The highest BCUT2D eigenvalue weighted by atomic mass is 32.2. The summed E-state index contributed by atoms with van der Waals surface area (Å²) in [5.74, 6) is 0.683. The van der Waals surface area contributed by atoms with Gasteiger partial charge in [0.15, 0.2) is 0 Å². The molecule has 1 heterocycles. The average Bonchev–Trinajstić information content (AvgIpc) is 3.10. The normalized spacial score (nSPS) is 14.7. The van der Waals surface area contributed by atoms with E-state index in [0.717, 1.165) is 16.8 Å². The maximum atomic E-state index is 12.9. The summed E-state index contributed by atoms with van der Waals surface area (Å²) >= 11 is 0. The lowest BCUT2D eigenvalue weighted by molar-refractivity contribution is -0.118. The van der Waals surface area contributed by atoms with E-state index in [1.54, 1.807) is 43.2 Å². The Morgan fingerprint density at radius 1 is 1.26 bits per heavy atom. The summed E-state index contributed by atoms with van der Waals surface area (Å²) in [5.41, 5.74) is 2.45. The number of nitrogens with zero attached hydrogens (tertiary/aromatic N) is 1. The Kier molecular flexibility index (Phi) is 5.53. The Balaban J connectivity index is 1.85. The van der Waals surface area contributed by atoms with E-state index in [1.807, 2.05) is 25.1 Å². The molecule has 0 saturated heterocycles. The molecule has 3 rings (SSSR count). The number of nitrogens with one attached hydrogen (secondary N) is 1. The van der Waals surface area contributed by atoms with Crippen LogP contribution >= 0.6 is 0 Å². The smallest absolute Gasteiger partial charge is 0.241 e. The Hall–Kier alpha value is -2.38. The lowest BCUT2D eigenvalue weighted by atomic mass is 10.1. The van der Waals surface area contributed by atoms with Crippen molar-refractivity contribution in [3.8, 4) is 5.75 Å². The first-order valence-corrected chi connectivity index (χ1v) is 10.4. The topological polar surface area (TPSA) is 75.7 Å². The van der Waals surface area contributed by atoms with Gasteiger partial charge in [-0.25, -0.2) is 13.1 Å². The third-order valence-corrected chi connectivity index (χ3v) is 6.34. The third kappa shape index (κ3) is 3.84. The largest absolute Gasteiger partial charge is 0.496 e. The molecule has 6 nitrogen and oxygen atoms in total. The quantitative estimate of drug-likeness (QED) is 0.825. The molecular formula is C20H24N2O4S. The zero-order valence-corrected chi connectivity index (χ0v) is 16.5. The summed E-state index contributed by atoms with van der Waals surface area (Å²) in [6.45, 7) is 4.20. The Morgan fingerprint density at radius 2 is 2.00 bits per heavy atom. The minimum absolute atomic E-state index is 0.0484. The van der Waals surface area contributed by atoms with E-state index in [4.69, 9.17) is 4.74 Å².